The molecule has 2 aromatic rings. The van der Waals surface area contributed by atoms with Gasteiger partial charge < -0.3 is 15.4 Å². The summed E-state index contributed by atoms with van der Waals surface area (Å²) in [6, 6.07) is 10.8. The smallest absolute Gasteiger partial charge is 0.191 e. The van der Waals surface area contributed by atoms with Crippen LogP contribution in [0.5, 0.6) is 5.75 Å². The number of nitrogens with zero attached hydrogens (tertiary/aromatic N) is 4. The maximum absolute atomic E-state index is 5.46. The third-order valence-corrected chi connectivity index (χ3v) is 5.95. The molecule has 0 spiro atoms. The number of guanidine groups is 1. The average Bonchev–Trinajstić information content (AvgIpc) is 3.40. The number of hydrogen-bond acceptors (Lipinski definition) is 4. The van der Waals surface area contributed by atoms with Gasteiger partial charge in [-0.15, -0.1) is 24.0 Å². The number of methoxy groups -OCH3 is 1. The second kappa shape index (κ2) is 13.0. The zero-order chi connectivity index (χ0) is 22.2. The number of aromatic nitrogens is 2. The highest BCUT2D eigenvalue weighted by molar-refractivity contribution is 14.0. The van der Waals surface area contributed by atoms with Gasteiger partial charge >= 0.3 is 0 Å². The first-order valence-corrected chi connectivity index (χ1v) is 11.3. The average molecular weight is 555 g/mol. The van der Waals surface area contributed by atoms with Gasteiger partial charge in [-0.2, -0.15) is 5.10 Å². The normalized spacial score (nSPS) is 16.3. The van der Waals surface area contributed by atoms with Gasteiger partial charge in [0.15, 0.2) is 5.96 Å². The molecule has 2 heterocycles. The number of hydrogen-bond donors (Lipinski definition) is 2. The van der Waals surface area contributed by atoms with Crippen molar-refractivity contribution in [1.29, 1.82) is 0 Å². The minimum atomic E-state index is 0. The standard InChI is InChI=1S/C24H38N6O.HI/c1-18(17-30-20(3)13-19(2)28-30)15-26-24(25-4)27-16-23(29-11-6-7-12-29)21-9-8-10-22(14-21)31-5;/h8-10,13-14,18,23H,6-7,11-12,15-17H2,1-5H3,(H2,25,26,27);1H. The maximum atomic E-state index is 5.46. The van der Waals surface area contributed by atoms with E-state index in [0.717, 1.165) is 50.1 Å². The van der Waals surface area contributed by atoms with Crippen LogP contribution >= 0.6 is 24.0 Å². The van der Waals surface area contributed by atoms with Crippen molar-refractivity contribution < 1.29 is 4.74 Å². The fraction of sp³-hybridized carbons (Fsp3) is 0.583. The lowest BCUT2D eigenvalue weighted by Gasteiger charge is -2.29. The van der Waals surface area contributed by atoms with Crippen LogP contribution in [0, 0.1) is 19.8 Å². The minimum Gasteiger partial charge on any atom is -0.497 e. The number of rotatable bonds is 9. The van der Waals surface area contributed by atoms with E-state index < -0.39 is 0 Å². The van der Waals surface area contributed by atoms with Crippen molar-refractivity contribution in [2.75, 3.05) is 40.3 Å². The summed E-state index contributed by atoms with van der Waals surface area (Å²) in [4.78, 5) is 7.00. The second-order valence-electron chi connectivity index (χ2n) is 8.58. The Balaban J connectivity index is 0.00000363. The van der Waals surface area contributed by atoms with Gasteiger partial charge in [-0.25, -0.2) is 0 Å². The molecular formula is C24H39IN6O. The minimum absolute atomic E-state index is 0. The maximum Gasteiger partial charge on any atom is 0.191 e. The van der Waals surface area contributed by atoms with E-state index in [9.17, 15) is 0 Å². The molecule has 0 radical (unpaired) electrons. The zero-order valence-electron chi connectivity index (χ0n) is 20.1. The summed E-state index contributed by atoms with van der Waals surface area (Å²) in [6.45, 7) is 11.2. The molecule has 1 saturated heterocycles. The molecule has 8 heteroatoms. The number of nitrogens with one attached hydrogen (secondary N) is 2. The summed E-state index contributed by atoms with van der Waals surface area (Å²) < 4.78 is 7.54. The fourth-order valence-electron chi connectivity index (χ4n) is 4.26. The molecule has 1 fully saturated rings. The molecule has 0 aliphatic carbocycles. The molecule has 3 rings (SSSR count). The predicted octanol–water partition coefficient (Wildman–Crippen LogP) is 3.76. The number of benzene rings is 1. The Kier molecular flexibility index (Phi) is 10.8. The number of ether oxygens (including phenoxy) is 1. The van der Waals surface area contributed by atoms with Gasteiger partial charge in [0.1, 0.15) is 5.75 Å². The van der Waals surface area contributed by atoms with Gasteiger partial charge in [0, 0.05) is 32.4 Å². The van der Waals surface area contributed by atoms with E-state index >= 15 is 0 Å². The van der Waals surface area contributed by atoms with Crippen molar-refractivity contribution in [1.82, 2.24) is 25.3 Å². The largest absolute Gasteiger partial charge is 0.497 e. The summed E-state index contributed by atoms with van der Waals surface area (Å²) in [5.74, 6) is 2.18. The van der Waals surface area contributed by atoms with E-state index in [2.05, 4.69) is 68.4 Å². The van der Waals surface area contributed by atoms with Crippen LogP contribution in [-0.2, 0) is 6.54 Å². The predicted molar refractivity (Wildman–Crippen MR) is 142 cm³/mol. The fourth-order valence-corrected chi connectivity index (χ4v) is 4.26. The molecule has 1 aliphatic rings. The quantitative estimate of drug-likeness (QED) is 0.281. The van der Waals surface area contributed by atoms with Crippen molar-refractivity contribution in [2.45, 2.75) is 46.2 Å². The Morgan fingerprint density at radius 2 is 1.88 bits per heavy atom. The van der Waals surface area contributed by atoms with Gasteiger partial charge in [0.25, 0.3) is 0 Å². The summed E-state index contributed by atoms with van der Waals surface area (Å²) in [7, 11) is 3.55. The molecular weight excluding hydrogens is 515 g/mol. The van der Waals surface area contributed by atoms with Crippen molar-refractivity contribution >= 4 is 29.9 Å². The van der Waals surface area contributed by atoms with Crippen LogP contribution in [0.2, 0.25) is 0 Å². The number of aryl methyl sites for hydroxylation is 2. The zero-order valence-corrected chi connectivity index (χ0v) is 22.4. The van der Waals surface area contributed by atoms with Gasteiger partial charge in [-0.1, -0.05) is 19.1 Å². The Bertz CT molecular complexity index is 862. The van der Waals surface area contributed by atoms with E-state index in [0.29, 0.717) is 12.0 Å². The molecule has 2 N–H and O–H groups in total. The summed E-state index contributed by atoms with van der Waals surface area (Å²) >= 11 is 0. The molecule has 0 bridgehead atoms. The Morgan fingerprint density at radius 3 is 2.50 bits per heavy atom. The summed E-state index contributed by atoms with van der Waals surface area (Å²) in [5, 5.41) is 11.6. The Hall–Kier alpha value is -1.81. The topological polar surface area (TPSA) is 66.7 Å². The van der Waals surface area contributed by atoms with Crippen LogP contribution in [0.1, 0.15) is 42.8 Å². The number of aliphatic imine (C=N–C) groups is 1. The van der Waals surface area contributed by atoms with Crippen LogP contribution in [0.25, 0.3) is 0 Å². The SMILES string of the molecule is CN=C(NCC(C)Cn1nc(C)cc1C)NCC(c1cccc(OC)c1)N1CCCC1.I. The van der Waals surface area contributed by atoms with E-state index in [1.807, 2.05) is 20.0 Å². The first-order valence-electron chi connectivity index (χ1n) is 11.3. The molecule has 1 aliphatic heterocycles. The van der Waals surface area contributed by atoms with Crippen molar-refractivity contribution in [3.8, 4) is 5.75 Å². The lowest BCUT2D eigenvalue weighted by Crippen LogP contribution is -2.44. The second-order valence-corrected chi connectivity index (χ2v) is 8.58. The molecule has 2 unspecified atom stereocenters. The van der Waals surface area contributed by atoms with Gasteiger partial charge in [-0.05, 0) is 69.5 Å². The molecule has 7 nitrogen and oxygen atoms in total. The summed E-state index contributed by atoms with van der Waals surface area (Å²) in [6.07, 6.45) is 2.52. The highest BCUT2D eigenvalue weighted by Gasteiger charge is 2.24. The number of halogens is 1. The molecule has 1 aromatic heterocycles. The number of likely N-dealkylation sites (tertiary alicyclic amines) is 1. The van der Waals surface area contributed by atoms with Gasteiger partial charge in [0.2, 0.25) is 0 Å². The van der Waals surface area contributed by atoms with Gasteiger partial charge in [0.05, 0.1) is 18.8 Å². The Labute approximate surface area is 210 Å². The van der Waals surface area contributed by atoms with Crippen molar-refractivity contribution in [2.24, 2.45) is 10.9 Å². The molecule has 32 heavy (non-hydrogen) atoms. The van der Waals surface area contributed by atoms with E-state index in [-0.39, 0.29) is 24.0 Å². The van der Waals surface area contributed by atoms with Crippen LogP contribution in [0.3, 0.4) is 0 Å². The third kappa shape index (κ3) is 7.37. The van der Waals surface area contributed by atoms with Crippen molar-refractivity contribution in [3.63, 3.8) is 0 Å². The summed E-state index contributed by atoms with van der Waals surface area (Å²) in [5.41, 5.74) is 3.56. The molecule has 0 amide bonds. The lowest BCUT2D eigenvalue weighted by molar-refractivity contribution is 0.245. The van der Waals surface area contributed by atoms with Crippen molar-refractivity contribution in [3.05, 3.63) is 47.3 Å². The van der Waals surface area contributed by atoms with Crippen LogP contribution < -0.4 is 15.4 Å². The highest BCUT2D eigenvalue weighted by atomic mass is 127. The van der Waals surface area contributed by atoms with Crippen LogP contribution in [-0.4, -0.2) is 61.0 Å². The first kappa shape index (κ1) is 26.4. The first-order chi connectivity index (χ1) is 15.0. The monoisotopic (exact) mass is 554 g/mol. The lowest BCUT2D eigenvalue weighted by atomic mass is 10.1. The highest BCUT2D eigenvalue weighted by Crippen LogP contribution is 2.27. The third-order valence-electron chi connectivity index (χ3n) is 5.95. The van der Waals surface area contributed by atoms with Gasteiger partial charge in [-0.3, -0.25) is 14.6 Å². The molecule has 0 saturated carbocycles. The Morgan fingerprint density at radius 1 is 1.16 bits per heavy atom. The van der Waals surface area contributed by atoms with E-state index in [1.54, 1.807) is 7.11 Å². The van der Waals surface area contributed by atoms with Crippen LogP contribution in [0.4, 0.5) is 0 Å². The molecule has 1 aromatic carbocycles. The van der Waals surface area contributed by atoms with E-state index in [1.165, 1.54) is 24.1 Å². The molecule has 178 valence electrons. The molecule has 2 atom stereocenters. The van der Waals surface area contributed by atoms with Crippen LogP contribution in [0.15, 0.2) is 35.3 Å². The van der Waals surface area contributed by atoms with E-state index in [4.69, 9.17) is 4.74 Å².